The van der Waals surface area contributed by atoms with Gasteiger partial charge in [-0.3, -0.25) is 0 Å². The largest absolute Gasteiger partial charge is 0.489 e. The quantitative estimate of drug-likeness (QED) is 0.833. The van der Waals surface area contributed by atoms with Gasteiger partial charge in [0.2, 0.25) is 0 Å². The molecule has 0 aliphatic rings. The van der Waals surface area contributed by atoms with E-state index in [0.29, 0.717) is 22.9 Å². The molecule has 0 fully saturated rings. The Balaban J connectivity index is 2.03. The van der Waals surface area contributed by atoms with E-state index < -0.39 is 0 Å². The summed E-state index contributed by atoms with van der Waals surface area (Å²) in [6.07, 6.45) is 0. The molecule has 0 spiro atoms. The lowest BCUT2D eigenvalue weighted by Crippen LogP contribution is -2.18. The average Bonchev–Trinajstić information content (AvgIpc) is 2.45. The molecule has 2 nitrogen and oxygen atoms in total. The summed E-state index contributed by atoms with van der Waals surface area (Å²) in [7, 11) is 0. The minimum absolute atomic E-state index is 0.0167. The Morgan fingerprint density at radius 1 is 1.24 bits per heavy atom. The van der Waals surface area contributed by atoms with E-state index in [4.69, 9.17) is 16.3 Å². The Kier molecular flexibility index (Phi) is 5.59. The van der Waals surface area contributed by atoms with Crippen LogP contribution in [0.4, 0.5) is 4.39 Å². The molecule has 0 saturated carbocycles. The highest BCUT2D eigenvalue weighted by molar-refractivity contribution is 6.30. The van der Waals surface area contributed by atoms with Crippen molar-refractivity contribution in [1.82, 2.24) is 5.32 Å². The standard InChI is InChI=1S/C17H19ClFNO/c1-3-20-12(2)16-8-7-15(10-17(16)19)21-11-13-5-4-6-14(18)9-13/h4-10,12,20H,3,11H2,1-2H3. The van der Waals surface area contributed by atoms with Gasteiger partial charge >= 0.3 is 0 Å². The van der Waals surface area contributed by atoms with E-state index in [0.717, 1.165) is 12.1 Å². The van der Waals surface area contributed by atoms with E-state index in [2.05, 4.69) is 5.32 Å². The molecular weight excluding hydrogens is 289 g/mol. The minimum atomic E-state index is -0.257. The maximum Gasteiger partial charge on any atom is 0.131 e. The number of halogens is 2. The Morgan fingerprint density at radius 2 is 2.05 bits per heavy atom. The minimum Gasteiger partial charge on any atom is -0.489 e. The van der Waals surface area contributed by atoms with Crippen molar-refractivity contribution in [3.8, 4) is 5.75 Å². The van der Waals surface area contributed by atoms with E-state index in [9.17, 15) is 4.39 Å². The molecule has 0 amide bonds. The highest BCUT2D eigenvalue weighted by Crippen LogP contribution is 2.23. The first-order chi connectivity index (χ1) is 10.1. The topological polar surface area (TPSA) is 21.3 Å². The molecule has 2 rings (SSSR count). The van der Waals surface area contributed by atoms with Crippen molar-refractivity contribution < 1.29 is 9.13 Å². The second-order valence-electron chi connectivity index (χ2n) is 4.88. The van der Waals surface area contributed by atoms with Crippen LogP contribution in [-0.4, -0.2) is 6.54 Å². The number of hydrogen-bond donors (Lipinski definition) is 1. The lowest BCUT2D eigenvalue weighted by Gasteiger charge is -2.15. The third-order valence-electron chi connectivity index (χ3n) is 3.24. The monoisotopic (exact) mass is 307 g/mol. The summed E-state index contributed by atoms with van der Waals surface area (Å²) in [5.41, 5.74) is 1.60. The van der Waals surface area contributed by atoms with Crippen LogP contribution in [0.1, 0.15) is 31.0 Å². The number of nitrogens with one attached hydrogen (secondary N) is 1. The molecular formula is C17H19ClFNO. The van der Waals surface area contributed by atoms with E-state index in [1.54, 1.807) is 12.1 Å². The van der Waals surface area contributed by atoms with Gasteiger partial charge in [-0.25, -0.2) is 4.39 Å². The predicted molar refractivity (Wildman–Crippen MR) is 84.3 cm³/mol. The van der Waals surface area contributed by atoms with Crippen molar-refractivity contribution >= 4 is 11.6 Å². The molecule has 0 radical (unpaired) electrons. The Hall–Kier alpha value is -1.58. The van der Waals surface area contributed by atoms with Crippen LogP contribution < -0.4 is 10.1 Å². The molecule has 1 N–H and O–H groups in total. The molecule has 1 unspecified atom stereocenters. The van der Waals surface area contributed by atoms with Gasteiger partial charge in [-0.05, 0) is 37.2 Å². The van der Waals surface area contributed by atoms with Gasteiger partial charge in [0.15, 0.2) is 0 Å². The molecule has 2 aromatic carbocycles. The average molecular weight is 308 g/mol. The van der Waals surface area contributed by atoms with Crippen LogP contribution in [0.2, 0.25) is 5.02 Å². The molecule has 4 heteroatoms. The number of ether oxygens (including phenoxy) is 1. The zero-order valence-corrected chi connectivity index (χ0v) is 13.0. The van der Waals surface area contributed by atoms with Gasteiger partial charge in [0, 0.05) is 22.7 Å². The lowest BCUT2D eigenvalue weighted by molar-refractivity contribution is 0.304. The maximum absolute atomic E-state index is 14.1. The molecule has 0 heterocycles. The first-order valence-corrected chi connectivity index (χ1v) is 7.38. The molecule has 0 saturated heterocycles. The zero-order valence-electron chi connectivity index (χ0n) is 12.2. The highest BCUT2D eigenvalue weighted by Gasteiger charge is 2.10. The zero-order chi connectivity index (χ0) is 15.2. The molecule has 0 aromatic heterocycles. The smallest absolute Gasteiger partial charge is 0.131 e. The van der Waals surface area contributed by atoms with Crippen LogP contribution >= 0.6 is 11.6 Å². The van der Waals surface area contributed by atoms with Crippen molar-refractivity contribution in [1.29, 1.82) is 0 Å². The third-order valence-corrected chi connectivity index (χ3v) is 3.48. The first-order valence-electron chi connectivity index (χ1n) is 7.00. The van der Waals surface area contributed by atoms with Gasteiger partial charge in [-0.1, -0.05) is 36.7 Å². The fraction of sp³-hybridized carbons (Fsp3) is 0.294. The summed E-state index contributed by atoms with van der Waals surface area (Å²) in [6, 6.07) is 12.4. The van der Waals surface area contributed by atoms with Crippen molar-refractivity contribution in [3.05, 3.63) is 64.4 Å². The van der Waals surface area contributed by atoms with Crippen molar-refractivity contribution in [2.45, 2.75) is 26.5 Å². The fourth-order valence-corrected chi connectivity index (χ4v) is 2.37. The van der Waals surface area contributed by atoms with E-state index in [-0.39, 0.29) is 11.9 Å². The Bertz CT molecular complexity index is 603. The molecule has 1 atom stereocenters. The van der Waals surface area contributed by atoms with E-state index in [1.165, 1.54) is 6.07 Å². The first kappa shape index (κ1) is 15.8. The maximum atomic E-state index is 14.1. The molecule has 21 heavy (non-hydrogen) atoms. The van der Waals surface area contributed by atoms with Crippen molar-refractivity contribution in [2.75, 3.05) is 6.54 Å². The van der Waals surface area contributed by atoms with Crippen LogP contribution in [0.3, 0.4) is 0 Å². The van der Waals surface area contributed by atoms with Crippen molar-refractivity contribution in [2.24, 2.45) is 0 Å². The molecule has 2 aromatic rings. The van der Waals surface area contributed by atoms with Gasteiger partial charge in [0.05, 0.1) is 0 Å². The van der Waals surface area contributed by atoms with Crippen molar-refractivity contribution in [3.63, 3.8) is 0 Å². The summed E-state index contributed by atoms with van der Waals surface area (Å²) < 4.78 is 19.7. The van der Waals surface area contributed by atoms with E-state index >= 15 is 0 Å². The summed E-state index contributed by atoms with van der Waals surface area (Å²) >= 11 is 5.91. The number of benzene rings is 2. The summed E-state index contributed by atoms with van der Waals surface area (Å²) in [5.74, 6) is 0.256. The van der Waals surface area contributed by atoms with Gasteiger partial charge in [0.25, 0.3) is 0 Å². The lowest BCUT2D eigenvalue weighted by atomic mass is 10.1. The molecule has 112 valence electrons. The summed E-state index contributed by atoms with van der Waals surface area (Å²) in [5, 5.41) is 3.85. The number of hydrogen-bond acceptors (Lipinski definition) is 2. The Labute approximate surface area is 129 Å². The fourth-order valence-electron chi connectivity index (χ4n) is 2.16. The van der Waals surface area contributed by atoms with Gasteiger partial charge in [0.1, 0.15) is 18.2 Å². The molecule has 0 aliphatic carbocycles. The van der Waals surface area contributed by atoms with Crippen LogP contribution in [0.15, 0.2) is 42.5 Å². The molecule has 0 aliphatic heterocycles. The second kappa shape index (κ2) is 7.43. The predicted octanol–water partition coefficient (Wildman–Crippen LogP) is 4.73. The van der Waals surface area contributed by atoms with Crippen LogP contribution in [0, 0.1) is 5.82 Å². The summed E-state index contributed by atoms with van der Waals surface area (Å²) in [6.45, 7) is 5.10. The summed E-state index contributed by atoms with van der Waals surface area (Å²) in [4.78, 5) is 0. The third kappa shape index (κ3) is 4.45. The van der Waals surface area contributed by atoms with Gasteiger partial charge in [-0.2, -0.15) is 0 Å². The Morgan fingerprint density at radius 3 is 2.71 bits per heavy atom. The van der Waals surface area contributed by atoms with Crippen LogP contribution in [0.5, 0.6) is 5.75 Å². The van der Waals surface area contributed by atoms with Gasteiger partial charge < -0.3 is 10.1 Å². The van der Waals surface area contributed by atoms with E-state index in [1.807, 2.05) is 38.1 Å². The SMILES string of the molecule is CCNC(C)c1ccc(OCc2cccc(Cl)c2)cc1F. The van der Waals surface area contributed by atoms with Crippen LogP contribution in [0.25, 0.3) is 0 Å². The second-order valence-corrected chi connectivity index (χ2v) is 5.32. The normalized spacial score (nSPS) is 12.2. The van der Waals surface area contributed by atoms with Crippen LogP contribution in [-0.2, 0) is 6.61 Å². The highest BCUT2D eigenvalue weighted by atomic mass is 35.5. The number of rotatable bonds is 6. The molecule has 0 bridgehead atoms. The van der Waals surface area contributed by atoms with Gasteiger partial charge in [-0.15, -0.1) is 0 Å².